The fourth-order valence-electron chi connectivity index (χ4n) is 0.526. The Hall–Kier alpha value is -1.06. The lowest BCUT2D eigenvalue weighted by Gasteiger charge is -2.08. The Labute approximate surface area is 66.2 Å². The molecule has 0 radical (unpaired) electrons. The normalized spacial score (nSPS) is 8.91. The largest absolute Gasteiger partial charge is 0.385 e. The van der Waals surface area contributed by atoms with Crippen LogP contribution in [0, 0.1) is 5.41 Å². The van der Waals surface area contributed by atoms with Crippen molar-refractivity contribution in [2.45, 2.75) is 6.92 Å². The average molecular weight is 159 g/mol. The van der Waals surface area contributed by atoms with E-state index in [0.717, 1.165) is 0 Å². The van der Waals surface area contributed by atoms with Crippen molar-refractivity contribution < 1.29 is 4.39 Å². The molecule has 0 aliphatic carbocycles. The van der Waals surface area contributed by atoms with Crippen molar-refractivity contribution >= 4 is 5.84 Å². The van der Waals surface area contributed by atoms with Gasteiger partial charge in [-0.05, 0) is 6.92 Å². The Kier molecular flexibility index (Phi) is 5.15. The SMILES string of the molecule is C=C(CNC(C)=N)NCCF. The molecule has 0 fully saturated rings. The van der Waals surface area contributed by atoms with Crippen LogP contribution in [0.15, 0.2) is 12.3 Å². The highest BCUT2D eigenvalue weighted by molar-refractivity contribution is 5.76. The first-order valence-electron chi connectivity index (χ1n) is 3.43. The quantitative estimate of drug-likeness (QED) is 0.407. The Morgan fingerprint density at radius 1 is 1.55 bits per heavy atom. The summed E-state index contributed by atoms with van der Waals surface area (Å²) in [5, 5.41) is 12.5. The standard InChI is InChI=1S/C7H14FN3/c1-6(10-4-3-8)5-11-7(2)9/h10H,1,3-5H2,2H3,(H2,9,11). The number of hydrogen-bond donors (Lipinski definition) is 3. The predicted octanol–water partition coefficient (Wildman–Crippen LogP) is 0.646. The van der Waals surface area contributed by atoms with Gasteiger partial charge in [-0.1, -0.05) is 6.58 Å². The third kappa shape index (κ3) is 6.83. The summed E-state index contributed by atoms with van der Waals surface area (Å²) in [4.78, 5) is 0. The first kappa shape index (κ1) is 9.94. The van der Waals surface area contributed by atoms with Crippen LogP contribution < -0.4 is 10.6 Å². The maximum atomic E-state index is 11.6. The molecule has 4 heteroatoms. The highest BCUT2D eigenvalue weighted by Crippen LogP contribution is 1.79. The van der Waals surface area contributed by atoms with E-state index in [2.05, 4.69) is 17.2 Å². The Balaban J connectivity index is 3.30. The van der Waals surface area contributed by atoms with Gasteiger partial charge in [-0.15, -0.1) is 0 Å². The van der Waals surface area contributed by atoms with Crippen molar-refractivity contribution in [2.24, 2.45) is 0 Å². The summed E-state index contributed by atoms with van der Waals surface area (Å²) >= 11 is 0. The zero-order valence-corrected chi connectivity index (χ0v) is 6.71. The molecule has 0 amide bonds. The van der Waals surface area contributed by atoms with Crippen molar-refractivity contribution in [3.8, 4) is 0 Å². The van der Waals surface area contributed by atoms with Crippen LogP contribution in [0.25, 0.3) is 0 Å². The highest BCUT2D eigenvalue weighted by Gasteiger charge is 1.91. The fraction of sp³-hybridized carbons (Fsp3) is 0.571. The summed E-state index contributed by atoms with van der Waals surface area (Å²) < 4.78 is 11.6. The van der Waals surface area contributed by atoms with Gasteiger partial charge in [0, 0.05) is 12.2 Å². The summed E-state index contributed by atoms with van der Waals surface area (Å²) in [6.07, 6.45) is 0. The molecule has 0 saturated heterocycles. The number of nitrogens with one attached hydrogen (secondary N) is 3. The van der Waals surface area contributed by atoms with Gasteiger partial charge < -0.3 is 10.6 Å². The monoisotopic (exact) mass is 159 g/mol. The first-order chi connectivity index (χ1) is 5.16. The van der Waals surface area contributed by atoms with E-state index in [9.17, 15) is 4.39 Å². The topological polar surface area (TPSA) is 47.9 Å². The molecule has 0 saturated carbocycles. The van der Waals surface area contributed by atoms with Crippen molar-refractivity contribution in [3.63, 3.8) is 0 Å². The zero-order valence-electron chi connectivity index (χ0n) is 6.71. The maximum Gasteiger partial charge on any atom is 0.107 e. The van der Waals surface area contributed by atoms with Gasteiger partial charge in [0.15, 0.2) is 0 Å². The number of alkyl halides is 1. The van der Waals surface area contributed by atoms with Gasteiger partial charge in [0.1, 0.15) is 6.67 Å². The number of amidine groups is 1. The molecule has 0 atom stereocenters. The molecule has 0 rings (SSSR count). The maximum absolute atomic E-state index is 11.6. The number of halogens is 1. The Morgan fingerprint density at radius 2 is 2.18 bits per heavy atom. The van der Waals surface area contributed by atoms with E-state index in [0.29, 0.717) is 18.1 Å². The lowest BCUT2D eigenvalue weighted by molar-refractivity contribution is 0.481. The van der Waals surface area contributed by atoms with Crippen LogP contribution in [0.1, 0.15) is 6.92 Å². The molecular weight excluding hydrogens is 145 g/mol. The van der Waals surface area contributed by atoms with E-state index < -0.39 is 6.67 Å². The molecule has 0 bridgehead atoms. The van der Waals surface area contributed by atoms with Gasteiger partial charge in [0.2, 0.25) is 0 Å². The van der Waals surface area contributed by atoms with Gasteiger partial charge in [-0.2, -0.15) is 0 Å². The van der Waals surface area contributed by atoms with Gasteiger partial charge >= 0.3 is 0 Å². The Bertz CT molecular complexity index is 145. The molecule has 0 spiro atoms. The molecule has 0 aliphatic rings. The van der Waals surface area contributed by atoms with Gasteiger partial charge in [-0.25, -0.2) is 4.39 Å². The van der Waals surface area contributed by atoms with Gasteiger partial charge in [0.05, 0.1) is 12.4 Å². The molecule has 3 nitrogen and oxygen atoms in total. The smallest absolute Gasteiger partial charge is 0.107 e. The molecule has 11 heavy (non-hydrogen) atoms. The van der Waals surface area contributed by atoms with Crippen LogP contribution in [0.2, 0.25) is 0 Å². The first-order valence-corrected chi connectivity index (χ1v) is 3.43. The average Bonchev–Trinajstić information content (AvgIpc) is 1.97. The fourth-order valence-corrected chi connectivity index (χ4v) is 0.526. The Morgan fingerprint density at radius 3 is 2.64 bits per heavy atom. The van der Waals surface area contributed by atoms with Crippen LogP contribution in [0.4, 0.5) is 4.39 Å². The van der Waals surface area contributed by atoms with Crippen molar-refractivity contribution in [1.29, 1.82) is 5.41 Å². The van der Waals surface area contributed by atoms with E-state index in [-0.39, 0.29) is 6.54 Å². The van der Waals surface area contributed by atoms with E-state index >= 15 is 0 Å². The zero-order chi connectivity index (χ0) is 8.69. The molecule has 0 aromatic rings. The summed E-state index contributed by atoms with van der Waals surface area (Å²) in [5.74, 6) is 0.383. The van der Waals surface area contributed by atoms with Crippen LogP contribution in [-0.4, -0.2) is 25.6 Å². The minimum Gasteiger partial charge on any atom is -0.385 e. The van der Waals surface area contributed by atoms with E-state index in [1.165, 1.54) is 0 Å². The second-order valence-corrected chi connectivity index (χ2v) is 2.20. The molecule has 0 aromatic heterocycles. The minimum absolute atomic E-state index is 0.289. The number of rotatable bonds is 5. The van der Waals surface area contributed by atoms with E-state index in [1.807, 2.05) is 0 Å². The second kappa shape index (κ2) is 5.70. The molecule has 0 aliphatic heterocycles. The molecule has 0 aromatic carbocycles. The third-order valence-corrected chi connectivity index (χ3v) is 1.04. The lowest BCUT2D eigenvalue weighted by atomic mass is 10.4. The van der Waals surface area contributed by atoms with Crippen molar-refractivity contribution in [2.75, 3.05) is 19.8 Å². The minimum atomic E-state index is -0.400. The highest BCUT2D eigenvalue weighted by atomic mass is 19.1. The van der Waals surface area contributed by atoms with E-state index in [1.54, 1.807) is 6.92 Å². The molecule has 0 unspecified atom stereocenters. The van der Waals surface area contributed by atoms with Gasteiger partial charge in [0.25, 0.3) is 0 Å². The molecule has 3 N–H and O–H groups in total. The van der Waals surface area contributed by atoms with Crippen LogP contribution in [0.5, 0.6) is 0 Å². The van der Waals surface area contributed by atoms with Crippen LogP contribution in [-0.2, 0) is 0 Å². The molecule has 0 heterocycles. The number of hydrogen-bond acceptors (Lipinski definition) is 2. The summed E-state index contributed by atoms with van der Waals surface area (Å²) in [5.41, 5.74) is 0.703. The summed E-state index contributed by atoms with van der Waals surface area (Å²) in [6, 6.07) is 0. The molecular formula is C7H14FN3. The van der Waals surface area contributed by atoms with E-state index in [4.69, 9.17) is 5.41 Å². The summed E-state index contributed by atoms with van der Waals surface area (Å²) in [6.45, 7) is 5.64. The predicted molar refractivity (Wildman–Crippen MR) is 44.5 cm³/mol. The second-order valence-electron chi connectivity index (χ2n) is 2.20. The third-order valence-electron chi connectivity index (χ3n) is 1.04. The van der Waals surface area contributed by atoms with Crippen LogP contribution in [0.3, 0.4) is 0 Å². The molecule has 64 valence electrons. The van der Waals surface area contributed by atoms with Crippen molar-refractivity contribution in [3.05, 3.63) is 12.3 Å². The van der Waals surface area contributed by atoms with Gasteiger partial charge in [-0.3, -0.25) is 5.41 Å². The van der Waals surface area contributed by atoms with Crippen molar-refractivity contribution in [1.82, 2.24) is 10.6 Å². The summed E-state index contributed by atoms with van der Waals surface area (Å²) in [7, 11) is 0. The van der Waals surface area contributed by atoms with Crippen LogP contribution >= 0.6 is 0 Å². The lowest BCUT2D eigenvalue weighted by Crippen LogP contribution is -2.28.